The van der Waals surface area contributed by atoms with E-state index in [2.05, 4.69) is 16.8 Å². The highest BCUT2D eigenvalue weighted by molar-refractivity contribution is 6.42. The predicted octanol–water partition coefficient (Wildman–Crippen LogP) is 6.22. The quantitative estimate of drug-likeness (QED) is 0.423. The number of benzene rings is 2. The Labute approximate surface area is 185 Å². The molecule has 156 valence electrons. The monoisotopic (exact) mass is 444 g/mol. The van der Waals surface area contributed by atoms with Crippen LogP contribution in [-0.2, 0) is 17.8 Å². The van der Waals surface area contributed by atoms with Crippen molar-refractivity contribution in [2.75, 3.05) is 11.4 Å². The zero-order valence-electron chi connectivity index (χ0n) is 16.5. The highest BCUT2D eigenvalue weighted by atomic mass is 35.5. The van der Waals surface area contributed by atoms with Crippen molar-refractivity contribution in [2.45, 2.75) is 26.3 Å². The van der Waals surface area contributed by atoms with Gasteiger partial charge in [0.1, 0.15) is 5.75 Å². The van der Waals surface area contributed by atoms with E-state index in [0.717, 1.165) is 23.4 Å². The van der Waals surface area contributed by atoms with E-state index in [9.17, 15) is 4.79 Å². The fourth-order valence-corrected chi connectivity index (χ4v) is 3.28. The number of aromatic nitrogens is 1. The second-order valence-corrected chi connectivity index (χ2v) is 7.57. The Balaban J connectivity index is 1.63. The first-order valence-electron chi connectivity index (χ1n) is 9.58. The number of carboxylic acids is 1. The van der Waals surface area contributed by atoms with Gasteiger partial charge in [-0.1, -0.05) is 41.4 Å². The fourth-order valence-electron chi connectivity index (χ4n) is 2.96. The maximum absolute atomic E-state index is 10.7. The second kappa shape index (κ2) is 10.3. The Kier molecular flexibility index (Phi) is 7.55. The van der Waals surface area contributed by atoms with Crippen molar-refractivity contribution >= 4 is 34.9 Å². The molecule has 30 heavy (non-hydrogen) atoms. The molecule has 0 radical (unpaired) electrons. The summed E-state index contributed by atoms with van der Waals surface area (Å²) in [5.41, 5.74) is 2.99. The van der Waals surface area contributed by atoms with Crippen LogP contribution in [0.4, 0.5) is 5.69 Å². The van der Waals surface area contributed by atoms with Crippen LogP contribution in [0.5, 0.6) is 11.6 Å². The molecule has 2 aromatic carbocycles. The highest BCUT2D eigenvalue weighted by Gasteiger charge is 2.09. The van der Waals surface area contributed by atoms with E-state index in [1.54, 1.807) is 12.3 Å². The van der Waals surface area contributed by atoms with Gasteiger partial charge in [0.15, 0.2) is 0 Å². The van der Waals surface area contributed by atoms with Gasteiger partial charge in [0.25, 0.3) is 0 Å². The molecule has 0 unspecified atom stereocenters. The average molecular weight is 445 g/mol. The topological polar surface area (TPSA) is 62.7 Å². The Morgan fingerprint density at radius 1 is 1.03 bits per heavy atom. The number of halogens is 2. The van der Waals surface area contributed by atoms with Crippen molar-refractivity contribution in [1.82, 2.24) is 4.98 Å². The Bertz CT molecular complexity index is 992. The van der Waals surface area contributed by atoms with E-state index < -0.39 is 5.97 Å². The fraction of sp³-hybridized carbons (Fsp3) is 0.217. The third kappa shape index (κ3) is 6.12. The van der Waals surface area contributed by atoms with Crippen LogP contribution in [0.2, 0.25) is 10.0 Å². The Morgan fingerprint density at radius 2 is 1.77 bits per heavy atom. The molecule has 0 atom stereocenters. The lowest BCUT2D eigenvalue weighted by Crippen LogP contribution is -2.22. The Hall–Kier alpha value is -2.76. The number of aryl methyl sites for hydroxylation is 1. The van der Waals surface area contributed by atoms with E-state index in [0.29, 0.717) is 34.6 Å². The maximum atomic E-state index is 10.7. The summed E-state index contributed by atoms with van der Waals surface area (Å²) in [6.45, 7) is 3.57. The molecule has 0 spiro atoms. The van der Waals surface area contributed by atoms with Crippen LogP contribution in [0, 0.1) is 0 Å². The number of ether oxygens (including phenoxy) is 1. The van der Waals surface area contributed by atoms with Gasteiger partial charge < -0.3 is 14.7 Å². The molecule has 3 rings (SSSR count). The second-order valence-electron chi connectivity index (χ2n) is 6.76. The van der Waals surface area contributed by atoms with Gasteiger partial charge in [-0.3, -0.25) is 4.79 Å². The van der Waals surface area contributed by atoms with Crippen molar-refractivity contribution in [1.29, 1.82) is 0 Å². The zero-order valence-corrected chi connectivity index (χ0v) is 18.0. The third-order valence-corrected chi connectivity index (χ3v) is 5.34. The summed E-state index contributed by atoms with van der Waals surface area (Å²) in [6, 6.07) is 16.8. The summed E-state index contributed by atoms with van der Waals surface area (Å²) >= 11 is 12.1. The molecular formula is C23H22Cl2N2O3. The Morgan fingerprint density at radius 3 is 2.37 bits per heavy atom. The van der Waals surface area contributed by atoms with E-state index in [1.807, 2.05) is 48.5 Å². The van der Waals surface area contributed by atoms with Crippen LogP contribution >= 0.6 is 23.2 Å². The highest BCUT2D eigenvalue weighted by Crippen LogP contribution is 2.26. The lowest BCUT2D eigenvalue weighted by Gasteiger charge is -2.23. The largest absolute Gasteiger partial charge is 0.481 e. The zero-order chi connectivity index (χ0) is 21.5. The number of carboxylic acid groups (broad SMARTS) is 1. The summed E-state index contributed by atoms with van der Waals surface area (Å²) < 4.78 is 5.80. The minimum absolute atomic E-state index is 0.110. The molecule has 7 heteroatoms. The number of aliphatic carboxylic acids is 1. The molecule has 0 bridgehead atoms. The number of carbonyl (C=O) groups is 1. The van der Waals surface area contributed by atoms with E-state index >= 15 is 0 Å². The molecule has 1 aromatic heterocycles. The standard InChI is InChI=1S/C23H22Cl2N2O3/c1-2-27(15-17-5-10-20(24)21(25)13-17)18-7-11-22(26-14-18)30-19-8-3-16(4-9-19)6-12-23(28)29/h3-5,7-11,13-14H,2,6,12,15H2,1H3,(H,28,29). The van der Waals surface area contributed by atoms with Crippen LogP contribution in [0.3, 0.4) is 0 Å². The number of nitrogens with zero attached hydrogens (tertiary/aromatic N) is 2. The maximum Gasteiger partial charge on any atom is 0.303 e. The molecule has 3 aromatic rings. The smallest absolute Gasteiger partial charge is 0.303 e. The van der Waals surface area contributed by atoms with Crippen LogP contribution < -0.4 is 9.64 Å². The van der Waals surface area contributed by atoms with Crippen molar-refractivity contribution in [3.8, 4) is 11.6 Å². The first-order chi connectivity index (χ1) is 14.4. The van der Waals surface area contributed by atoms with Gasteiger partial charge in [-0.15, -0.1) is 0 Å². The molecule has 1 N–H and O–H groups in total. The molecule has 5 nitrogen and oxygen atoms in total. The van der Waals surface area contributed by atoms with Crippen molar-refractivity contribution in [2.24, 2.45) is 0 Å². The molecule has 0 aliphatic carbocycles. The summed E-state index contributed by atoms with van der Waals surface area (Å²) in [7, 11) is 0. The van der Waals surface area contributed by atoms with Gasteiger partial charge in [0, 0.05) is 25.6 Å². The van der Waals surface area contributed by atoms with Gasteiger partial charge in [-0.25, -0.2) is 4.98 Å². The molecule has 0 saturated heterocycles. The molecule has 0 amide bonds. The average Bonchev–Trinajstić information content (AvgIpc) is 2.74. The number of hydrogen-bond donors (Lipinski definition) is 1. The molecule has 0 saturated carbocycles. The number of rotatable bonds is 9. The van der Waals surface area contributed by atoms with Crippen LogP contribution in [0.15, 0.2) is 60.8 Å². The van der Waals surface area contributed by atoms with E-state index in [1.165, 1.54) is 0 Å². The first kappa shape index (κ1) is 21.9. The molecule has 0 fully saturated rings. The summed E-state index contributed by atoms with van der Waals surface area (Å²) in [5.74, 6) is 0.333. The van der Waals surface area contributed by atoms with E-state index in [-0.39, 0.29) is 6.42 Å². The lowest BCUT2D eigenvalue weighted by atomic mass is 10.1. The van der Waals surface area contributed by atoms with Crippen LogP contribution in [-0.4, -0.2) is 22.6 Å². The third-order valence-electron chi connectivity index (χ3n) is 4.60. The normalized spacial score (nSPS) is 10.6. The number of hydrogen-bond acceptors (Lipinski definition) is 4. The van der Waals surface area contributed by atoms with Crippen LogP contribution in [0.25, 0.3) is 0 Å². The van der Waals surface area contributed by atoms with Crippen molar-refractivity contribution in [3.63, 3.8) is 0 Å². The molecule has 0 aliphatic heterocycles. The summed E-state index contributed by atoms with van der Waals surface area (Å²) in [4.78, 5) is 17.2. The van der Waals surface area contributed by atoms with Crippen molar-refractivity contribution < 1.29 is 14.6 Å². The number of anilines is 1. The van der Waals surface area contributed by atoms with Crippen molar-refractivity contribution in [3.05, 3.63) is 82.0 Å². The minimum atomic E-state index is -0.806. The molecule has 1 heterocycles. The number of pyridine rings is 1. The van der Waals surface area contributed by atoms with Gasteiger partial charge >= 0.3 is 5.97 Å². The summed E-state index contributed by atoms with van der Waals surface area (Å²) in [6.07, 6.45) is 2.38. The summed E-state index contributed by atoms with van der Waals surface area (Å²) in [5, 5.41) is 9.85. The van der Waals surface area contributed by atoms with Gasteiger partial charge in [0.05, 0.1) is 21.9 Å². The minimum Gasteiger partial charge on any atom is -0.481 e. The molecule has 0 aliphatic rings. The SMILES string of the molecule is CCN(Cc1ccc(Cl)c(Cl)c1)c1ccc(Oc2ccc(CCC(=O)O)cc2)nc1. The molecular weight excluding hydrogens is 423 g/mol. The van der Waals surface area contributed by atoms with E-state index in [4.69, 9.17) is 33.0 Å². The van der Waals surface area contributed by atoms with Gasteiger partial charge in [0.2, 0.25) is 5.88 Å². The van der Waals surface area contributed by atoms with Gasteiger partial charge in [-0.2, -0.15) is 0 Å². The predicted molar refractivity (Wildman–Crippen MR) is 120 cm³/mol. The lowest BCUT2D eigenvalue weighted by molar-refractivity contribution is -0.136. The van der Waals surface area contributed by atoms with Gasteiger partial charge in [-0.05, 0) is 54.8 Å². The van der Waals surface area contributed by atoms with Crippen LogP contribution in [0.1, 0.15) is 24.5 Å². The first-order valence-corrected chi connectivity index (χ1v) is 10.3.